The molecule has 0 atom stereocenters. The van der Waals surface area contributed by atoms with Crippen molar-refractivity contribution in [2.45, 2.75) is 26.2 Å². The minimum atomic E-state index is -0.758. The number of nitro benzene ring substituents is 1. The number of carbonyl (C=O) groups excluding carboxylic acids is 2. The van der Waals surface area contributed by atoms with Crippen molar-refractivity contribution in [2.24, 2.45) is 0 Å². The molecule has 0 saturated heterocycles. The third-order valence-corrected chi connectivity index (χ3v) is 4.06. The molecule has 0 fully saturated rings. The molecule has 0 spiro atoms. The molecule has 2 aromatic carbocycles. The van der Waals surface area contributed by atoms with E-state index < -0.39 is 16.8 Å². The second-order valence-electron chi connectivity index (χ2n) is 7.18. The number of nitrogens with zero attached hydrogens (tertiary/aromatic N) is 1. The maximum absolute atomic E-state index is 12.5. The molecule has 0 heterocycles. The Morgan fingerprint density at radius 2 is 1.75 bits per heavy atom. The second-order valence-corrected chi connectivity index (χ2v) is 7.18. The summed E-state index contributed by atoms with van der Waals surface area (Å²) in [5.74, 6) is -1.24. The van der Waals surface area contributed by atoms with Gasteiger partial charge in [0.25, 0.3) is 11.6 Å². The number of ether oxygens (including phenoxy) is 1. The molecule has 0 bridgehead atoms. The maximum Gasteiger partial charge on any atom is 0.354 e. The van der Waals surface area contributed by atoms with Crippen LogP contribution in [0.5, 0.6) is 0 Å². The number of esters is 1. The lowest BCUT2D eigenvalue weighted by atomic mass is 9.87. The van der Waals surface area contributed by atoms with E-state index in [2.05, 4.69) is 26.1 Å². The minimum Gasteiger partial charge on any atom is -0.464 e. The number of methoxy groups -OCH3 is 1. The van der Waals surface area contributed by atoms with Crippen molar-refractivity contribution in [1.82, 2.24) is 5.32 Å². The second kappa shape index (κ2) is 8.47. The smallest absolute Gasteiger partial charge is 0.354 e. The van der Waals surface area contributed by atoms with Crippen LogP contribution in [-0.4, -0.2) is 23.9 Å². The van der Waals surface area contributed by atoms with Crippen molar-refractivity contribution >= 4 is 23.6 Å². The molecule has 0 unspecified atom stereocenters. The van der Waals surface area contributed by atoms with Gasteiger partial charge in [-0.1, -0.05) is 45.0 Å². The Kier molecular flexibility index (Phi) is 6.30. The van der Waals surface area contributed by atoms with Crippen molar-refractivity contribution in [3.8, 4) is 0 Å². The van der Waals surface area contributed by atoms with Crippen LogP contribution in [0.1, 0.15) is 42.3 Å². The first kappa shape index (κ1) is 20.8. The molecular formula is C21H22N2O5. The first-order chi connectivity index (χ1) is 13.1. The number of nitro groups is 1. The highest BCUT2D eigenvalue weighted by Gasteiger charge is 2.17. The number of carbonyl (C=O) groups is 2. The van der Waals surface area contributed by atoms with E-state index in [1.807, 2.05) is 12.1 Å². The monoisotopic (exact) mass is 382 g/mol. The van der Waals surface area contributed by atoms with E-state index in [9.17, 15) is 19.7 Å². The Morgan fingerprint density at radius 1 is 1.11 bits per heavy atom. The Bertz CT molecular complexity index is 925. The lowest BCUT2D eigenvalue weighted by molar-refractivity contribution is -0.384. The van der Waals surface area contributed by atoms with Crippen LogP contribution in [0.3, 0.4) is 0 Å². The van der Waals surface area contributed by atoms with Crippen LogP contribution in [0.2, 0.25) is 0 Å². The fraction of sp³-hybridized carbons (Fsp3) is 0.238. The molecule has 7 heteroatoms. The lowest BCUT2D eigenvalue weighted by Gasteiger charge is -2.19. The van der Waals surface area contributed by atoms with E-state index in [0.717, 1.165) is 5.56 Å². The molecule has 0 aliphatic heterocycles. The molecule has 28 heavy (non-hydrogen) atoms. The lowest BCUT2D eigenvalue weighted by Crippen LogP contribution is -2.28. The molecule has 0 radical (unpaired) electrons. The minimum absolute atomic E-state index is 0.0475. The van der Waals surface area contributed by atoms with Crippen LogP contribution in [0.25, 0.3) is 6.08 Å². The largest absolute Gasteiger partial charge is 0.464 e. The SMILES string of the molecule is COC(=O)C(=Cc1cccc([N+](=O)[O-])c1)NC(=O)c1ccc(C(C)(C)C)cc1. The maximum atomic E-state index is 12.5. The first-order valence-corrected chi connectivity index (χ1v) is 8.58. The van der Waals surface area contributed by atoms with Crippen molar-refractivity contribution in [3.63, 3.8) is 0 Å². The molecule has 2 aromatic rings. The van der Waals surface area contributed by atoms with Crippen LogP contribution in [0.15, 0.2) is 54.2 Å². The number of hydrogen-bond acceptors (Lipinski definition) is 5. The molecule has 0 saturated carbocycles. The van der Waals surface area contributed by atoms with Crippen molar-refractivity contribution in [2.75, 3.05) is 7.11 Å². The number of non-ortho nitro benzene ring substituents is 1. The summed E-state index contributed by atoms with van der Waals surface area (Å²) < 4.78 is 4.71. The summed E-state index contributed by atoms with van der Waals surface area (Å²) in [7, 11) is 1.19. The third-order valence-electron chi connectivity index (χ3n) is 4.06. The van der Waals surface area contributed by atoms with Crippen LogP contribution in [-0.2, 0) is 14.9 Å². The van der Waals surface area contributed by atoms with E-state index in [1.54, 1.807) is 18.2 Å². The molecule has 2 rings (SSSR count). The summed E-state index contributed by atoms with van der Waals surface area (Å²) in [6.07, 6.45) is 1.33. The van der Waals surface area contributed by atoms with Crippen molar-refractivity contribution in [1.29, 1.82) is 0 Å². The number of benzene rings is 2. The van der Waals surface area contributed by atoms with Gasteiger partial charge in [0, 0.05) is 17.7 Å². The van der Waals surface area contributed by atoms with Gasteiger partial charge in [0.05, 0.1) is 12.0 Å². The van der Waals surface area contributed by atoms with Gasteiger partial charge in [0.1, 0.15) is 5.70 Å². The zero-order valence-electron chi connectivity index (χ0n) is 16.2. The van der Waals surface area contributed by atoms with Crippen LogP contribution in [0, 0.1) is 10.1 Å². The Balaban J connectivity index is 2.29. The summed E-state index contributed by atoms with van der Waals surface area (Å²) in [5.41, 5.74) is 1.55. The topological polar surface area (TPSA) is 98.5 Å². The number of hydrogen-bond donors (Lipinski definition) is 1. The highest BCUT2D eigenvalue weighted by atomic mass is 16.6. The van der Waals surface area contributed by atoms with Gasteiger partial charge in [0.2, 0.25) is 0 Å². The van der Waals surface area contributed by atoms with E-state index in [-0.39, 0.29) is 16.8 Å². The zero-order chi connectivity index (χ0) is 20.9. The Labute approximate surface area is 163 Å². The summed E-state index contributed by atoms with van der Waals surface area (Å²) in [6.45, 7) is 6.21. The molecule has 1 N–H and O–H groups in total. The molecule has 0 aliphatic carbocycles. The Hall–Kier alpha value is -3.48. The summed E-state index contributed by atoms with van der Waals surface area (Å²) in [6, 6.07) is 12.8. The van der Waals surface area contributed by atoms with Crippen molar-refractivity contribution in [3.05, 3.63) is 81.0 Å². The molecule has 0 aliphatic rings. The van der Waals surface area contributed by atoms with Gasteiger partial charge < -0.3 is 10.1 Å². The van der Waals surface area contributed by atoms with Crippen LogP contribution < -0.4 is 5.32 Å². The average Bonchev–Trinajstić information content (AvgIpc) is 2.66. The molecule has 146 valence electrons. The van der Waals surface area contributed by atoms with E-state index in [0.29, 0.717) is 11.1 Å². The van der Waals surface area contributed by atoms with Gasteiger partial charge in [-0.15, -0.1) is 0 Å². The fourth-order valence-electron chi connectivity index (χ4n) is 2.47. The predicted octanol–water partition coefficient (Wildman–Crippen LogP) is 3.84. The highest BCUT2D eigenvalue weighted by molar-refractivity contribution is 6.03. The van der Waals surface area contributed by atoms with Gasteiger partial charge >= 0.3 is 5.97 Å². The van der Waals surface area contributed by atoms with E-state index in [1.165, 1.54) is 31.4 Å². The summed E-state index contributed by atoms with van der Waals surface area (Å²) in [5, 5.41) is 13.4. The zero-order valence-corrected chi connectivity index (χ0v) is 16.2. The normalized spacial score (nSPS) is 11.6. The van der Waals surface area contributed by atoms with Crippen molar-refractivity contribution < 1.29 is 19.2 Å². The quantitative estimate of drug-likeness (QED) is 0.367. The molecule has 7 nitrogen and oxygen atoms in total. The Morgan fingerprint density at radius 3 is 2.29 bits per heavy atom. The molecule has 1 amide bonds. The van der Waals surface area contributed by atoms with E-state index in [4.69, 9.17) is 4.74 Å². The summed E-state index contributed by atoms with van der Waals surface area (Å²) >= 11 is 0. The number of nitrogens with one attached hydrogen (secondary N) is 1. The fourth-order valence-corrected chi connectivity index (χ4v) is 2.47. The molecule has 0 aromatic heterocycles. The third kappa shape index (κ3) is 5.26. The predicted molar refractivity (Wildman–Crippen MR) is 106 cm³/mol. The van der Waals surface area contributed by atoms with Gasteiger partial charge in [-0.2, -0.15) is 0 Å². The number of rotatable bonds is 5. The van der Waals surface area contributed by atoms with E-state index >= 15 is 0 Å². The van der Waals surface area contributed by atoms with Crippen LogP contribution in [0.4, 0.5) is 5.69 Å². The van der Waals surface area contributed by atoms with Gasteiger partial charge in [-0.05, 0) is 34.8 Å². The number of amides is 1. The average molecular weight is 382 g/mol. The molecular weight excluding hydrogens is 360 g/mol. The first-order valence-electron chi connectivity index (χ1n) is 8.58. The van der Waals surface area contributed by atoms with Crippen LogP contribution >= 0.6 is 0 Å². The summed E-state index contributed by atoms with van der Waals surface area (Å²) in [4.78, 5) is 35.0. The van der Waals surface area contributed by atoms with Gasteiger partial charge in [0.15, 0.2) is 0 Å². The standard InChI is InChI=1S/C21H22N2O5/c1-21(2,3)16-10-8-15(9-11-16)19(24)22-18(20(25)28-4)13-14-6-5-7-17(12-14)23(26)27/h5-13H,1-4H3,(H,22,24). The highest BCUT2D eigenvalue weighted by Crippen LogP contribution is 2.22. The van der Waals surface area contributed by atoms with Gasteiger partial charge in [-0.3, -0.25) is 14.9 Å². The van der Waals surface area contributed by atoms with Gasteiger partial charge in [-0.25, -0.2) is 4.79 Å².